The molecule has 1 amide bonds. The Morgan fingerprint density at radius 1 is 1.12 bits per heavy atom. The van der Waals surface area contributed by atoms with Crippen LogP contribution in [0.4, 0.5) is 0 Å². The van der Waals surface area contributed by atoms with Crippen LogP contribution in [0.25, 0.3) is 11.1 Å². The Balaban J connectivity index is 2.22. The zero-order chi connectivity index (χ0) is 18.7. The third-order valence-electron chi connectivity index (χ3n) is 4.75. The van der Waals surface area contributed by atoms with Gasteiger partial charge in [-0.2, -0.15) is 0 Å². The number of carbonyl (C=O) groups is 1. The Kier molecular flexibility index (Phi) is 5.21. The lowest BCUT2D eigenvalue weighted by atomic mass is 9.97. The van der Waals surface area contributed by atoms with Crippen LogP contribution in [0.5, 0.6) is 0 Å². The molecule has 0 radical (unpaired) electrons. The highest BCUT2D eigenvalue weighted by atomic mass is 16.1. The van der Waals surface area contributed by atoms with Gasteiger partial charge in [0.1, 0.15) is 0 Å². The topological polar surface area (TPSA) is 60.9 Å². The molecular weight excluding hydrogens is 322 g/mol. The summed E-state index contributed by atoms with van der Waals surface area (Å²) in [6, 6.07) is 14.2. The molecule has 0 unspecified atom stereocenters. The third-order valence-corrected chi connectivity index (χ3v) is 4.75. The average molecular weight is 347 g/mol. The van der Waals surface area contributed by atoms with Crippen LogP contribution >= 0.6 is 0 Å². The van der Waals surface area contributed by atoms with Gasteiger partial charge in [-0.3, -0.25) is 9.78 Å². The zero-order valence-corrected chi connectivity index (χ0v) is 15.6. The van der Waals surface area contributed by atoms with Crippen LogP contribution in [0.1, 0.15) is 46.3 Å². The molecule has 0 spiro atoms. The summed E-state index contributed by atoms with van der Waals surface area (Å²) in [5.74, 6) is -0.379. The molecule has 3 rings (SSSR count). The van der Waals surface area contributed by atoms with Crippen LogP contribution in [-0.4, -0.2) is 15.5 Å². The summed E-state index contributed by atoms with van der Waals surface area (Å²) < 4.78 is 2.20. The number of aryl methyl sites for hydroxylation is 1. The van der Waals surface area contributed by atoms with E-state index in [0.717, 1.165) is 41.1 Å². The molecule has 0 bridgehead atoms. The van der Waals surface area contributed by atoms with E-state index in [1.807, 2.05) is 25.1 Å². The number of amides is 1. The Morgan fingerprint density at radius 3 is 2.42 bits per heavy atom. The molecule has 0 atom stereocenters. The first-order valence-electron chi connectivity index (χ1n) is 9.01. The van der Waals surface area contributed by atoms with Crippen molar-refractivity contribution in [2.24, 2.45) is 5.73 Å². The molecule has 0 aliphatic rings. The Labute approximate surface area is 154 Å². The number of nitrogens with zero attached hydrogens (tertiary/aromatic N) is 2. The van der Waals surface area contributed by atoms with E-state index in [-0.39, 0.29) is 5.91 Å². The molecular formula is C22H25N3O. The molecule has 4 nitrogen and oxygen atoms in total. The second-order valence-electron chi connectivity index (χ2n) is 6.67. The largest absolute Gasteiger partial charge is 0.366 e. The van der Waals surface area contributed by atoms with E-state index >= 15 is 0 Å². The fourth-order valence-electron chi connectivity index (χ4n) is 3.49. The molecule has 0 saturated heterocycles. The first-order chi connectivity index (χ1) is 12.5. The summed E-state index contributed by atoms with van der Waals surface area (Å²) in [5, 5.41) is 0. The lowest BCUT2D eigenvalue weighted by molar-refractivity contribution is 0.1000. The number of carbonyl (C=O) groups excluding carboxylic acids is 1. The molecule has 4 heteroatoms. The van der Waals surface area contributed by atoms with E-state index in [4.69, 9.17) is 5.73 Å². The average Bonchev–Trinajstić information content (AvgIpc) is 2.90. The van der Waals surface area contributed by atoms with Gasteiger partial charge >= 0.3 is 0 Å². The number of benzene rings is 1. The van der Waals surface area contributed by atoms with Crippen LogP contribution in [0.2, 0.25) is 0 Å². The Hall–Kier alpha value is -2.88. The van der Waals surface area contributed by atoms with Gasteiger partial charge in [0, 0.05) is 23.1 Å². The van der Waals surface area contributed by atoms with E-state index in [9.17, 15) is 4.79 Å². The van der Waals surface area contributed by atoms with Gasteiger partial charge in [0.25, 0.3) is 5.91 Å². The molecule has 26 heavy (non-hydrogen) atoms. The van der Waals surface area contributed by atoms with Gasteiger partial charge in [0.05, 0.1) is 17.8 Å². The quantitative estimate of drug-likeness (QED) is 0.724. The van der Waals surface area contributed by atoms with Crippen LogP contribution in [0, 0.1) is 13.8 Å². The smallest absolute Gasteiger partial charge is 0.251 e. The first-order valence-corrected chi connectivity index (χ1v) is 9.01. The van der Waals surface area contributed by atoms with Crippen LogP contribution in [-0.2, 0) is 13.0 Å². The van der Waals surface area contributed by atoms with Crippen molar-refractivity contribution in [2.75, 3.05) is 0 Å². The lowest BCUT2D eigenvalue weighted by Crippen LogP contribution is -2.14. The van der Waals surface area contributed by atoms with Gasteiger partial charge in [0.2, 0.25) is 0 Å². The second-order valence-corrected chi connectivity index (χ2v) is 6.67. The number of nitrogens with two attached hydrogens (primary N) is 1. The molecule has 2 N–H and O–H groups in total. The number of primary amides is 1. The van der Waals surface area contributed by atoms with E-state index in [1.54, 1.807) is 6.20 Å². The molecule has 0 aliphatic carbocycles. The lowest BCUT2D eigenvalue weighted by Gasteiger charge is -2.12. The minimum Gasteiger partial charge on any atom is -0.366 e. The predicted molar refractivity (Wildman–Crippen MR) is 105 cm³/mol. The van der Waals surface area contributed by atoms with Gasteiger partial charge in [-0.15, -0.1) is 0 Å². The number of pyridine rings is 1. The highest BCUT2D eigenvalue weighted by Crippen LogP contribution is 2.34. The summed E-state index contributed by atoms with van der Waals surface area (Å²) >= 11 is 0. The second kappa shape index (κ2) is 7.56. The fourth-order valence-corrected chi connectivity index (χ4v) is 3.49. The van der Waals surface area contributed by atoms with E-state index in [1.165, 1.54) is 5.56 Å². The summed E-state index contributed by atoms with van der Waals surface area (Å²) in [6.07, 6.45) is 3.66. The van der Waals surface area contributed by atoms with Crippen molar-refractivity contribution >= 4 is 5.91 Å². The van der Waals surface area contributed by atoms with Gasteiger partial charge in [-0.1, -0.05) is 49.2 Å². The van der Waals surface area contributed by atoms with Crippen LogP contribution < -0.4 is 5.73 Å². The first kappa shape index (κ1) is 17.9. The normalized spacial score (nSPS) is 10.9. The van der Waals surface area contributed by atoms with Gasteiger partial charge in [0.15, 0.2) is 0 Å². The predicted octanol–water partition coefficient (Wildman–Crippen LogP) is 4.27. The summed E-state index contributed by atoms with van der Waals surface area (Å²) in [5.41, 5.74) is 12.6. The van der Waals surface area contributed by atoms with Crippen LogP contribution in [0.15, 0.2) is 48.7 Å². The molecule has 2 aromatic heterocycles. The highest BCUT2D eigenvalue weighted by Gasteiger charge is 2.24. The summed E-state index contributed by atoms with van der Waals surface area (Å²) in [4.78, 5) is 16.7. The number of aromatic nitrogens is 2. The van der Waals surface area contributed by atoms with E-state index in [0.29, 0.717) is 12.1 Å². The summed E-state index contributed by atoms with van der Waals surface area (Å²) in [6.45, 7) is 6.81. The van der Waals surface area contributed by atoms with Crippen molar-refractivity contribution in [3.05, 3.63) is 76.9 Å². The van der Waals surface area contributed by atoms with Crippen molar-refractivity contribution in [3.8, 4) is 11.1 Å². The summed E-state index contributed by atoms with van der Waals surface area (Å²) in [7, 11) is 0. The number of rotatable bonds is 6. The Morgan fingerprint density at radius 2 is 1.85 bits per heavy atom. The van der Waals surface area contributed by atoms with Crippen molar-refractivity contribution < 1.29 is 4.79 Å². The highest BCUT2D eigenvalue weighted by molar-refractivity contribution is 6.02. The Bertz CT molecular complexity index is 909. The minimum atomic E-state index is -0.379. The maximum absolute atomic E-state index is 12.3. The standard InChI is InChI=1S/C22H25N3O/c1-4-7-19-21(17-11-9-15(2)10-12-17)20(22(23)26)16(3)25(19)14-18-8-5-6-13-24-18/h5-6,8-13H,4,7,14H2,1-3H3,(H2,23,26). The SMILES string of the molecule is CCCc1c(-c2ccc(C)cc2)c(C(N)=O)c(C)n1Cc1ccccn1. The molecule has 1 aromatic carbocycles. The molecule has 2 heterocycles. The number of hydrogen-bond acceptors (Lipinski definition) is 2. The maximum atomic E-state index is 12.3. The van der Waals surface area contributed by atoms with E-state index < -0.39 is 0 Å². The van der Waals surface area contributed by atoms with Crippen molar-refractivity contribution in [1.29, 1.82) is 0 Å². The molecule has 0 saturated carbocycles. The van der Waals surface area contributed by atoms with Gasteiger partial charge < -0.3 is 10.3 Å². The maximum Gasteiger partial charge on any atom is 0.251 e. The van der Waals surface area contributed by atoms with Crippen molar-refractivity contribution in [3.63, 3.8) is 0 Å². The fraction of sp³-hybridized carbons (Fsp3) is 0.273. The minimum absolute atomic E-state index is 0.379. The third kappa shape index (κ3) is 3.40. The van der Waals surface area contributed by atoms with Crippen molar-refractivity contribution in [1.82, 2.24) is 9.55 Å². The van der Waals surface area contributed by atoms with Gasteiger partial charge in [-0.25, -0.2) is 0 Å². The number of hydrogen-bond donors (Lipinski definition) is 1. The van der Waals surface area contributed by atoms with Gasteiger partial charge in [-0.05, 0) is 38.0 Å². The zero-order valence-electron chi connectivity index (χ0n) is 15.6. The van der Waals surface area contributed by atoms with E-state index in [2.05, 4.69) is 47.7 Å². The van der Waals surface area contributed by atoms with Crippen LogP contribution in [0.3, 0.4) is 0 Å². The monoisotopic (exact) mass is 347 g/mol. The molecule has 134 valence electrons. The molecule has 3 aromatic rings. The molecule has 0 fully saturated rings. The van der Waals surface area contributed by atoms with Crippen molar-refractivity contribution in [2.45, 2.75) is 40.2 Å². The molecule has 0 aliphatic heterocycles.